The molecule has 4 heteroatoms. The number of ether oxygens (including phenoxy) is 1. The van der Waals surface area contributed by atoms with Crippen LogP contribution in [-0.2, 0) is 4.74 Å². The average Bonchev–Trinajstić information content (AvgIpc) is 2.40. The molecule has 100 valence electrons. The predicted molar refractivity (Wildman–Crippen MR) is 70.9 cm³/mol. The van der Waals surface area contributed by atoms with Crippen molar-refractivity contribution in [1.82, 2.24) is 0 Å². The molecule has 0 spiro atoms. The fourth-order valence-corrected chi connectivity index (χ4v) is 2.89. The number of halogens is 3. The number of rotatable bonds is 4. The van der Waals surface area contributed by atoms with Crippen LogP contribution in [-0.4, -0.2) is 12.7 Å². The Labute approximate surface area is 115 Å². The van der Waals surface area contributed by atoms with E-state index < -0.39 is 5.82 Å². The fraction of sp³-hybridized carbons (Fsp3) is 0.571. The smallest absolute Gasteiger partial charge is 0.127 e. The zero-order valence-corrected chi connectivity index (χ0v) is 11.8. The Balaban J connectivity index is 1.90. The maximum Gasteiger partial charge on any atom is 0.127 e. The van der Waals surface area contributed by atoms with Crippen LogP contribution in [0.15, 0.2) is 18.2 Å². The molecule has 1 heterocycles. The van der Waals surface area contributed by atoms with E-state index in [0.29, 0.717) is 5.56 Å². The molecule has 1 nitrogen and oxygen atoms in total. The highest BCUT2D eigenvalue weighted by atomic mass is 79.9. The van der Waals surface area contributed by atoms with Gasteiger partial charge in [0.05, 0.1) is 6.10 Å². The van der Waals surface area contributed by atoms with Crippen molar-refractivity contribution in [3.8, 4) is 0 Å². The highest BCUT2D eigenvalue weighted by molar-refractivity contribution is 9.09. The third kappa shape index (κ3) is 3.75. The van der Waals surface area contributed by atoms with Crippen molar-refractivity contribution >= 4 is 15.9 Å². The van der Waals surface area contributed by atoms with E-state index in [0.717, 1.165) is 38.4 Å². The van der Waals surface area contributed by atoms with Crippen LogP contribution in [0.3, 0.4) is 0 Å². The van der Waals surface area contributed by atoms with E-state index in [2.05, 4.69) is 15.9 Å². The number of hydrogen-bond donors (Lipinski definition) is 0. The van der Waals surface area contributed by atoms with Gasteiger partial charge in [0.25, 0.3) is 0 Å². The zero-order valence-electron chi connectivity index (χ0n) is 10.2. The van der Waals surface area contributed by atoms with Crippen molar-refractivity contribution in [2.24, 2.45) is 0 Å². The van der Waals surface area contributed by atoms with Crippen LogP contribution in [0.5, 0.6) is 0 Å². The minimum absolute atomic E-state index is 0.154. The van der Waals surface area contributed by atoms with Crippen molar-refractivity contribution in [1.29, 1.82) is 0 Å². The Bertz CT molecular complexity index is 391. The van der Waals surface area contributed by atoms with Gasteiger partial charge in [0.2, 0.25) is 0 Å². The van der Waals surface area contributed by atoms with Gasteiger partial charge in [-0.1, -0.05) is 15.9 Å². The summed E-state index contributed by atoms with van der Waals surface area (Å²) in [5.74, 6) is -0.757. The molecule has 1 saturated heterocycles. The van der Waals surface area contributed by atoms with Gasteiger partial charge in [0, 0.05) is 17.0 Å². The second kappa shape index (κ2) is 6.62. The first kappa shape index (κ1) is 13.9. The number of alkyl halides is 1. The minimum atomic E-state index is -0.398. The lowest BCUT2D eigenvalue weighted by Crippen LogP contribution is -2.19. The molecule has 2 atom stereocenters. The lowest BCUT2D eigenvalue weighted by atomic mass is 10.0. The van der Waals surface area contributed by atoms with E-state index in [4.69, 9.17) is 4.74 Å². The Morgan fingerprint density at radius 3 is 2.89 bits per heavy atom. The van der Waals surface area contributed by atoms with Crippen molar-refractivity contribution in [2.45, 2.75) is 43.0 Å². The number of hydrogen-bond acceptors (Lipinski definition) is 1. The van der Waals surface area contributed by atoms with E-state index in [1.165, 1.54) is 18.6 Å². The standard InChI is InChI=1S/C14H17BrF2O/c15-13(6-5-11-3-1-2-8-18-11)12-9-10(16)4-7-14(12)17/h4,7,9,11,13H,1-3,5-6,8H2. The highest BCUT2D eigenvalue weighted by Crippen LogP contribution is 2.32. The van der Waals surface area contributed by atoms with Gasteiger partial charge in [-0.05, 0) is 50.3 Å². The molecule has 0 saturated carbocycles. The van der Waals surface area contributed by atoms with Gasteiger partial charge in [0.1, 0.15) is 11.6 Å². The summed E-state index contributed by atoms with van der Waals surface area (Å²) in [6, 6.07) is 3.58. The van der Waals surface area contributed by atoms with Gasteiger partial charge >= 0.3 is 0 Å². The molecule has 18 heavy (non-hydrogen) atoms. The molecular weight excluding hydrogens is 302 g/mol. The maximum atomic E-state index is 13.6. The van der Waals surface area contributed by atoms with Crippen LogP contribution < -0.4 is 0 Å². The molecule has 1 aromatic rings. The molecule has 1 fully saturated rings. The van der Waals surface area contributed by atoms with Gasteiger partial charge < -0.3 is 4.74 Å². The SMILES string of the molecule is Fc1ccc(F)c(C(Br)CCC2CCCCO2)c1. The Kier molecular flexibility index (Phi) is 5.13. The third-order valence-corrected chi connectivity index (χ3v) is 4.26. The average molecular weight is 319 g/mol. The molecule has 0 bridgehead atoms. The molecule has 2 unspecified atom stereocenters. The second-order valence-corrected chi connectivity index (χ2v) is 5.80. The monoisotopic (exact) mass is 318 g/mol. The first-order valence-electron chi connectivity index (χ1n) is 6.37. The minimum Gasteiger partial charge on any atom is -0.378 e. The van der Waals surface area contributed by atoms with Crippen LogP contribution in [0.2, 0.25) is 0 Å². The molecule has 0 N–H and O–H groups in total. The van der Waals surface area contributed by atoms with Crippen LogP contribution >= 0.6 is 15.9 Å². The van der Waals surface area contributed by atoms with Crippen LogP contribution in [0.25, 0.3) is 0 Å². The van der Waals surface area contributed by atoms with E-state index in [9.17, 15) is 8.78 Å². The van der Waals surface area contributed by atoms with Gasteiger partial charge in [-0.25, -0.2) is 8.78 Å². The highest BCUT2D eigenvalue weighted by Gasteiger charge is 2.18. The topological polar surface area (TPSA) is 9.23 Å². The molecule has 2 rings (SSSR count). The molecular formula is C14H17BrF2O. The summed E-state index contributed by atoms with van der Waals surface area (Å²) in [6.45, 7) is 0.825. The third-order valence-electron chi connectivity index (χ3n) is 3.31. The summed E-state index contributed by atoms with van der Waals surface area (Å²) < 4.78 is 32.3. The van der Waals surface area contributed by atoms with Gasteiger partial charge in [-0.15, -0.1) is 0 Å². The molecule has 0 radical (unpaired) electrons. The second-order valence-electron chi connectivity index (χ2n) is 4.70. The van der Waals surface area contributed by atoms with Gasteiger partial charge in [0.15, 0.2) is 0 Å². The molecule has 0 amide bonds. The summed E-state index contributed by atoms with van der Waals surface area (Å²) in [7, 11) is 0. The summed E-state index contributed by atoms with van der Waals surface area (Å²) in [4.78, 5) is -0.154. The van der Waals surface area contributed by atoms with E-state index in [-0.39, 0.29) is 16.7 Å². The molecule has 0 aromatic heterocycles. The largest absolute Gasteiger partial charge is 0.378 e. The lowest BCUT2D eigenvalue weighted by molar-refractivity contribution is 0.0101. The quantitative estimate of drug-likeness (QED) is 0.728. The Morgan fingerprint density at radius 2 is 2.17 bits per heavy atom. The first-order chi connectivity index (χ1) is 8.66. The maximum absolute atomic E-state index is 13.6. The van der Waals surface area contributed by atoms with Crippen LogP contribution in [0, 0.1) is 11.6 Å². The Morgan fingerprint density at radius 1 is 1.33 bits per heavy atom. The van der Waals surface area contributed by atoms with Gasteiger partial charge in [-0.3, -0.25) is 0 Å². The first-order valence-corrected chi connectivity index (χ1v) is 7.29. The molecule has 1 aliphatic rings. The van der Waals surface area contributed by atoms with Crippen LogP contribution in [0.1, 0.15) is 42.5 Å². The molecule has 1 aliphatic heterocycles. The van der Waals surface area contributed by atoms with Gasteiger partial charge in [-0.2, -0.15) is 0 Å². The van der Waals surface area contributed by atoms with E-state index >= 15 is 0 Å². The lowest BCUT2D eigenvalue weighted by Gasteiger charge is -2.23. The summed E-state index contributed by atoms with van der Waals surface area (Å²) in [6.07, 6.45) is 5.32. The Hall–Kier alpha value is -0.480. The van der Waals surface area contributed by atoms with Crippen molar-refractivity contribution in [3.05, 3.63) is 35.4 Å². The predicted octanol–water partition coefficient (Wildman–Crippen LogP) is 4.75. The zero-order chi connectivity index (χ0) is 13.0. The number of benzene rings is 1. The molecule has 0 aliphatic carbocycles. The summed E-state index contributed by atoms with van der Waals surface area (Å²) in [5, 5.41) is 0. The van der Waals surface area contributed by atoms with Crippen molar-refractivity contribution in [3.63, 3.8) is 0 Å². The van der Waals surface area contributed by atoms with E-state index in [1.807, 2.05) is 0 Å². The van der Waals surface area contributed by atoms with Crippen LogP contribution in [0.4, 0.5) is 8.78 Å². The van der Waals surface area contributed by atoms with Crippen molar-refractivity contribution in [2.75, 3.05) is 6.61 Å². The van der Waals surface area contributed by atoms with Crippen molar-refractivity contribution < 1.29 is 13.5 Å². The van der Waals surface area contributed by atoms with E-state index in [1.54, 1.807) is 0 Å². The summed E-state index contributed by atoms with van der Waals surface area (Å²) >= 11 is 3.44. The summed E-state index contributed by atoms with van der Waals surface area (Å²) in [5.41, 5.74) is 0.394. The molecule has 1 aromatic carbocycles. The normalized spacial score (nSPS) is 21.8. The fourth-order valence-electron chi connectivity index (χ4n) is 2.28.